The van der Waals surface area contributed by atoms with Gasteiger partial charge >= 0.3 is 5.97 Å². The lowest BCUT2D eigenvalue weighted by atomic mass is 10.1. The van der Waals surface area contributed by atoms with Crippen molar-refractivity contribution >= 4 is 23.3 Å². The second-order valence-electron chi connectivity index (χ2n) is 4.62. The van der Waals surface area contributed by atoms with Crippen LogP contribution in [0.2, 0.25) is 5.02 Å². The molecule has 0 fully saturated rings. The molecule has 1 N–H and O–H groups in total. The SMILES string of the molecule is COC(=O)c1ccc(CNc2ccc(C)c(Cl)c2)c(F)c1. The normalized spacial score (nSPS) is 10.3. The standard InChI is InChI=1S/C16H15ClFNO2/c1-10-3-6-13(8-14(10)17)19-9-12-5-4-11(7-15(12)18)16(20)21-2/h3-8,19H,9H2,1-2H3. The van der Waals surface area contributed by atoms with Crippen LogP contribution in [0.5, 0.6) is 0 Å². The molecule has 0 amide bonds. The van der Waals surface area contributed by atoms with E-state index in [1.54, 1.807) is 12.1 Å². The second-order valence-corrected chi connectivity index (χ2v) is 5.02. The number of halogens is 2. The number of ether oxygens (including phenoxy) is 1. The minimum atomic E-state index is -0.557. The summed E-state index contributed by atoms with van der Waals surface area (Å²) in [6.07, 6.45) is 0. The molecule has 5 heteroatoms. The second kappa shape index (κ2) is 6.59. The third-order valence-electron chi connectivity index (χ3n) is 3.13. The number of methoxy groups -OCH3 is 1. The highest BCUT2D eigenvalue weighted by atomic mass is 35.5. The van der Waals surface area contributed by atoms with E-state index in [4.69, 9.17) is 11.6 Å². The van der Waals surface area contributed by atoms with Gasteiger partial charge in [-0.05, 0) is 36.8 Å². The van der Waals surface area contributed by atoms with Crippen molar-refractivity contribution in [1.29, 1.82) is 0 Å². The topological polar surface area (TPSA) is 38.3 Å². The van der Waals surface area contributed by atoms with Gasteiger partial charge in [0.1, 0.15) is 5.82 Å². The van der Waals surface area contributed by atoms with Gasteiger partial charge in [-0.25, -0.2) is 9.18 Å². The molecule has 110 valence electrons. The lowest BCUT2D eigenvalue weighted by Crippen LogP contribution is -2.05. The molecule has 0 atom stereocenters. The van der Waals surface area contributed by atoms with Crippen molar-refractivity contribution < 1.29 is 13.9 Å². The van der Waals surface area contributed by atoms with E-state index in [2.05, 4.69) is 10.1 Å². The highest BCUT2D eigenvalue weighted by Gasteiger charge is 2.09. The molecule has 0 saturated heterocycles. The lowest BCUT2D eigenvalue weighted by molar-refractivity contribution is 0.0600. The maximum atomic E-state index is 13.9. The zero-order chi connectivity index (χ0) is 15.4. The van der Waals surface area contributed by atoms with Crippen LogP contribution in [-0.2, 0) is 11.3 Å². The number of aryl methyl sites for hydroxylation is 1. The quantitative estimate of drug-likeness (QED) is 0.861. The molecule has 0 heterocycles. The van der Waals surface area contributed by atoms with Gasteiger partial charge in [0.05, 0.1) is 12.7 Å². The largest absolute Gasteiger partial charge is 0.465 e. The summed E-state index contributed by atoms with van der Waals surface area (Å²) in [7, 11) is 1.26. The molecule has 0 unspecified atom stereocenters. The molecule has 3 nitrogen and oxygen atoms in total. The number of rotatable bonds is 4. The summed E-state index contributed by atoms with van der Waals surface area (Å²) in [6.45, 7) is 2.21. The molecule has 0 aliphatic heterocycles. The minimum absolute atomic E-state index is 0.192. The van der Waals surface area contributed by atoms with E-state index < -0.39 is 11.8 Å². The van der Waals surface area contributed by atoms with Gasteiger partial charge in [-0.3, -0.25) is 0 Å². The first-order chi connectivity index (χ1) is 10.0. The summed E-state index contributed by atoms with van der Waals surface area (Å²) in [6, 6.07) is 9.82. The Morgan fingerprint density at radius 1 is 1.29 bits per heavy atom. The number of esters is 1. The predicted octanol–water partition coefficient (Wildman–Crippen LogP) is 4.19. The summed E-state index contributed by atoms with van der Waals surface area (Å²) < 4.78 is 18.5. The number of carbonyl (C=O) groups excluding carboxylic acids is 1. The number of anilines is 1. The lowest BCUT2D eigenvalue weighted by Gasteiger charge is -2.09. The Labute approximate surface area is 127 Å². The van der Waals surface area contributed by atoms with E-state index in [9.17, 15) is 9.18 Å². The van der Waals surface area contributed by atoms with E-state index in [0.29, 0.717) is 17.1 Å². The summed E-state index contributed by atoms with van der Waals surface area (Å²) in [5.41, 5.74) is 2.44. The molecule has 0 aliphatic carbocycles. The van der Waals surface area contributed by atoms with Crippen molar-refractivity contribution in [1.82, 2.24) is 0 Å². The first kappa shape index (κ1) is 15.3. The first-order valence-electron chi connectivity index (χ1n) is 6.38. The average molecular weight is 308 g/mol. The molecule has 21 heavy (non-hydrogen) atoms. The van der Waals surface area contributed by atoms with Crippen molar-refractivity contribution in [3.63, 3.8) is 0 Å². The number of carbonyl (C=O) groups is 1. The Balaban J connectivity index is 2.09. The van der Waals surface area contributed by atoms with Crippen LogP contribution < -0.4 is 5.32 Å². The number of hydrogen-bond donors (Lipinski definition) is 1. The van der Waals surface area contributed by atoms with Crippen LogP contribution in [0.25, 0.3) is 0 Å². The van der Waals surface area contributed by atoms with Crippen molar-refractivity contribution in [2.45, 2.75) is 13.5 Å². The molecule has 2 rings (SSSR count). The summed E-state index contributed by atoms with van der Waals surface area (Å²) in [5.74, 6) is -1.01. The minimum Gasteiger partial charge on any atom is -0.465 e. The van der Waals surface area contributed by atoms with Crippen molar-refractivity contribution in [2.24, 2.45) is 0 Å². The Hall–Kier alpha value is -2.07. The monoisotopic (exact) mass is 307 g/mol. The molecule has 0 aliphatic rings. The third kappa shape index (κ3) is 3.73. The molecule has 2 aromatic rings. The molecular weight excluding hydrogens is 293 g/mol. The van der Waals surface area contributed by atoms with Gasteiger partial charge < -0.3 is 10.1 Å². The van der Waals surface area contributed by atoms with Gasteiger partial charge in [-0.15, -0.1) is 0 Å². The van der Waals surface area contributed by atoms with Crippen LogP contribution in [0.1, 0.15) is 21.5 Å². The number of hydrogen-bond acceptors (Lipinski definition) is 3. The van der Waals surface area contributed by atoms with Crippen LogP contribution in [-0.4, -0.2) is 13.1 Å². The first-order valence-corrected chi connectivity index (χ1v) is 6.76. The van der Waals surface area contributed by atoms with Gasteiger partial charge in [0.15, 0.2) is 0 Å². The van der Waals surface area contributed by atoms with Gasteiger partial charge in [-0.1, -0.05) is 23.7 Å². The maximum Gasteiger partial charge on any atom is 0.337 e. The zero-order valence-electron chi connectivity index (χ0n) is 11.7. The van der Waals surface area contributed by atoms with Crippen molar-refractivity contribution in [3.8, 4) is 0 Å². The van der Waals surface area contributed by atoms with Gasteiger partial charge in [-0.2, -0.15) is 0 Å². The fourth-order valence-electron chi connectivity index (χ4n) is 1.84. The fraction of sp³-hybridized carbons (Fsp3) is 0.188. The highest BCUT2D eigenvalue weighted by molar-refractivity contribution is 6.31. The maximum absolute atomic E-state index is 13.9. The molecule has 0 aromatic heterocycles. The summed E-state index contributed by atoms with van der Waals surface area (Å²) >= 11 is 6.03. The molecule has 0 spiro atoms. The van der Waals surface area contributed by atoms with E-state index >= 15 is 0 Å². The Morgan fingerprint density at radius 2 is 2.05 bits per heavy atom. The van der Waals surface area contributed by atoms with Crippen molar-refractivity contribution in [3.05, 3.63) is 63.9 Å². The van der Waals surface area contributed by atoms with E-state index in [1.165, 1.54) is 19.2 Å². The highest BCUT2D eigenvalue weighted by Crippen LogP contribution is 2.21. The summed E-state index contributed by atoms with van der Waals surface area (Å²) in [4.78, 5) is 11.3. The van der Waals surface area contributed by atoms with Crippen molar-refractivity contribution in [2.75, 3.05) is 12.4 Å². The van der Waals surface area contributed by atoms with Crippen LogP contribution in [0.3, 0.4) is 0 Å². The molecule has 0 saturated carbocycles. The fourth-order valence-corrected chi connectivity index (χ4v) is 2.02. The Morgan fingerprint density at radius 3 is 2.67 bits per heavy atom. The molecule has 0 bridgehead atoms. The van der Waals surface area contributed by atoms with Gasteiger partial charge in [0.2, 0.25) is 0 Å². The number of benzene rings is 2. The van der Waals surface area contributed by atoms with E-state index in [1.807, 2.05) is 19.1 Å². The van der Waals surface area contributed by atoms with Crippen LogP contribution >= 0.6 is 11.6 Å². The van der Waals surface area contributed by atoms with E-state index in [0.717, 1.165) is 11.3 Å². The van der Waals surface area contributed by atoms with Crippen LogP contribution in [0.15, 0.2) is 36.4 Å². The summed E-state index contributed by atoms with van der Waals surface area (Å²) in [5, 5.41) is 3.75. The third-order valence-corrected chi connectivity index (χ3v) is 3.54. The predicted molar refractivity (Wildman–Crippen MR) is 81.3 cm³/mol. The number of nitrogens with one attached hydrogen (secondary N) is 1. The van der Waals surface area contributed by atoms with Crippen LogP contribution in [0.4, 0.5) is 10.1 Å². The molecule has 2 aromatic carbocycles. The van der Waals surface area contributed by atoms with Gasteiger partial charge in [0, 0.05) is 22.8 Å². The Kier molecular flexibility index (Phi) is 4.81. The smallest absolute Gasteiger partial charge is 0.337 e. The molecule has 0 radical (unpaired) electrons. The molecular formula is C16H15ClFNO2. The zero-order valence-corrected chi connectivity index (χ0v) is 12.5. The van der Waals surface area contributed by atoms with Crippen LogP contribution in [0, 0.1) is 12.7 Å². The Bertz CT molecular complexity index is 673. The van der Waals surface area contributed by atoms with Gasteiger partial charge in [0.25, 0.3) is 0 Å². The average Bonchev–Trinajstić information content (AvgIpc) is 2.48. The van der Waals surface area contributed by atoms with E-state index in [-0.39, 0.29) is 5.56 Å².